The second kappa shape index (κ2) is 5.23. The first-order valence-electron chi connectivity index (χ1n) is 6.93. The highest BCUT2D eigenvalue weighted by atomic mass is 19.2. The van der Waals surface area contributed by atoms with Crippen molar-refractivity contribution in [3.05, 3.63) is 35.5 Å². The Bertz CT molecular complexity index is 645. The fourth-order valence-electron chi connectivity index (χ4n) is 2.85. The molecule has 0 atom stereocenters. The quantitative estimate of drug-likeness (QED) is 0.867. The smallest absolute Gasteiger partial charge is 0.253 e. The van der Waals surface area contributed by atoms with Gasteiger partial charge in [0.25, 0.3) is 5.91 Å². The number of rotatable bonds is 2. The number of benzene rings is 1. The summed E-state index contributed by atoms with van der Waals surface area (Å²) in [5.74, 6) is -2.26. The number of halogens is 2. The molecule has 0 unspecified atom stereocenters. The monoisotopic (exact) mass is 278 g/mol. The fraction of sp³-hybridized carbons (Fsp3) is 0.400. The lowest BCUT2D eigenvalue weighted by molar-refractivity contribution is 0.0929. The molecule has 20 heavy (non-hydrogen) atoms. The molecule has 0 radical (unpaired) electrons. The summed E-state index contributed by atoms with van der Waals surface area (Å²) < 4.78 is 27.2. The highest BCUT2D eigenvalue weighted by Crippen LogP contribution is 2.24. The third kappa shape index (κ3) is 2.28. The number of carbonyl (C=O) groups is 1. The van der Waals surface area contributed by atoms with Crippen LogP contribution in [-0.4, -0.2) is 16.9 Å². The zero-order valence-corrected chi connectivity index (χ0v) is 11.0. The van der Waals surface area contributed by atoms with E-state index in [0.29, 0.717) is 5.52 Å². The van der Waals surface area contributed by atoms with E-state index in [1.165, 1.54) is 18.7 Å². The van der Waals surface area contributed by atoms with E-state index in [4.69, 9.17) is 0 Å². The van der Waals surface area contributed by atoms with Gasteiger partial charge in [-0.2, -0.15) is 0 Å². The first-order valence-corrected chi connectivity index (χ1v) is 6.93. The average Bonchev–Trinajstić information content (AvgIpc) is 2.89. The summed E-state index contributed by atoms with van der Waals surface area (Å²) in [5.41, 5.74) is 0.597. The third-order valence-corrected chi connectivity index (χ3v) is 3.92. The molecule has 1 aliphatic carbocycles. The molecule has 106 valence electrons. The zero-order valence-electron chi connectivity index (χ0n) is 11.0. The number of nitrogens with one attached hydrogen (secondary N) is 2. The standard InChI is InChI=1S/C15H16F2N2O/c16-11-6-7-12-13(14(11)17)10(8-18-12)15(20)19-9-4-2-1-3-5-9/h6-9,18H,1-5H2,(H,19,20). The summed E-state index contributed by atoms with van der Waals surface area (Å²) >= 11 is 0. The molecule has 5 heteroatoms. The van der Waals surface area contributed by atoms with Gasteiger partial charge in [0.05, 0.1) is 10.9 Å². The maximum atomic E-state index is 13.9. The van der Waals surface area contributed by atoms with Crippen LogP contribution in [0.5, 0.6) is 0 Å². The molecule has 0 bridgehead atoms. The number of fused-ring (bicyclic) bond motifs is 1. The van der Waals surface area contributed by atoms with Gasteiger partial charge >= 0.3 is 0 Å². The lowest BCUT2D eigenvalue weighted by Gasteiger charge is -2.22. The maximum absolute atomic E-state index is 13.9. The van der Waals surface area contributed by atoms with Crippen LogP contribution in [0.25, 0.3) is 10.9 Å². The predicted octanol–water partition coefficient (Wildman–Crippen LogP) is 3.51. The molecule has 1 aromatic carbocycles. The summed E-state index contributed by atoms with van der Waals surface area (Å²) in [7, 11) is 0. The van der Waals surface area contributed by atoms with Gasteiger partial charge in [0.15, 0.2) is 11.6 Å². The van der Waals surface area contributed by atoms with Crippen molar-refractivity contribution >= 4 is 16.8 Å². The lowest BCUT2D eigenvalue weighted by Crippen LogP contribution is -2.36. The van der Waals surface area contributed by atoms with Gasteiger partial charge in [-0.1, -0.05) is 19.3 Å². The molecule has 2 aromatic rings. The van der Waals surface area contributed by atoms with E-state index in [0.717, 1.165) is 31.7 Å². The number of aromatic nitrogens is 1. The van der Waals surface area contributed by atoms with Gasteiger partial charge in [0, 0.05) is 17.8 Å². The van der Waals surface area contributed by atoms with Gasteiger partial charge in [0.2, 0.25) is 0 Å². The van der Waals surface area contributed by atoms with Crippen LogP contribution in [0, 0.1) is 11.6 Å². The SMILES string of the molecule is O=C(NC1CCCCC1)c1c[nH]c2ccc(F)c(F)c12. The van der Waals surface area contributed by atoms with Crippen LogP contribution in [-0.2, 0) is 0 Å². The molecule has 0 aliphatic heterocycles. The molecule has 1 heterocycles. The Morgan fingerprint density at radius 3 is 2.70 bits per heavy atom. The van der Waals surface area contributed by atoms with E-state index in [2.05, 4.69) is 10.3 Å². The Balaban J connectivity index is 1.89. The van der Waals surface area contributed by atoms with E-state index in [9.17, 15) is 13.6 Å². The molecule has 1 saturated carbocycles. The van der Waals surface area contributed by atoms with E-state index in [1.54, 1.807) is 0 Å². The minimum atomic E-state index is -0.974. The lowest BCUT2D eigenvalue weighted by atomic mass is 9.95. The van der Waals surface area contributed by atoms with E-state index < -0.39 is 11.6 Å². The second-order valence-corrected chi connectivity index (χ2v) is 5.29. The Kier molecular flexibility index (Phi) is 3.42. The van der Waals surface area contributed by atoms with Crippen molar-refractivity contribution in [1.29, 1.82) is 0 Å². The van der Waals surface area contributed by atoms with Gasteiger partial charge in [-0.3, -0.25) is 4.79 Å². The molecule has 1 aliphatic rings. The van der Waals surface area contributed by atoms with Crippen molar-refractivity contribution < 1.29 is 13.6 Å². The molecular weight excluding hydrogens is 262 g/mol. The number of hydrogen-bond acceptors (Lipinski definition) is 1. The number of H-pyrrole nitrogens is 1. The van der Waals surface area contributed by atoms with Crippen LogP contribution >= 0.6 is 0 Å². The number of carbonyl (C=O) groups excluding carboxylic acids is 1. The summed E-state index contributed by atoms with van der Waals surface area (Å²) in [5, 5.41) is 2.94. The number of hydrogen-bond donors (Lipinski definition) is 2. The molecule has 0 saturated heterocycles. The second-order valence-electron chi connectivity index (χ2n) is 5.29. The normalized spacial score (nSPS) is 16.5. The fourth-order valence-corrected chi connectivity index (χ4v) is 2.85. The summed E-state index contributed by atoms with van der Waals surface area (Å²) in [6.45, 7) is 0. The average molecular weight is 278 g/mol. The molecule has 3 nitrogen and oxygen atoms in total. The van der Waals surface area contributed by atoms with Crippen molar-refractivity contribution in [3.63, 3.8) is 0 Å². The molecule has 3 rings (SSSR count). The predicted molar refractivity (Wildman–Crippen MR) is 72.6 cm³/mol. The topological polar surface area (TPSA) is 44.9 Å². The number of amides is 1. The van der Waals surface area contributed by atoms with Gasteiger partial charge < -0.3 is 10.3 Å². The first-order chi connectivity index (χ1) is 9.66. The van der Waals surface area contributed by atoms with Crippen LogP contribution in [0.3, 0.4) is 0 Å². The van der Waals surface area contributed by atoms with Crippen molar-refractivity contribution in [2.24, 2.45) is 0 Å². The highest BCUT2D eigenvalue weighted by molar-refractivity contribution is 6.07. The molecule has 1 aromatic heterocycles. The maximum Gasteiger partial charge on any atom is 0.253 e. The minimum Gasteiger partial charge on any atom is -0.360 e. The van der Waals surface area contributed by atoms with Crippen LogP contribution < -0.4 is 5.32 Å². The molecule has 2 N–H and O–H groups in total. The van der Waals surface area contributed by atoms with Crippen LogP contribution in [0.1, 0.15) is 42.5 Å². The first kappa shape index (κ1) is 13.1. The van der Waals surface area contributed by atoms with Crippen LogP contribution in [0.2, 0.25) is 0 Å². The van der Waals surface area contributed by atoms with Crippen molar-refractivity contribution in [3.8, 4) is 0 Å². The third-order valence-electron chi connectivity index (χ3n) is 3.92. The molecule has 1 fully saturated rings. The van der Waals surface area contributed by atoms with Gasteiger partial charge in [-0.15, -0.1) is 0 Å². The van der Waals surface area contributed by atoms with E-state index in [-0.39, 0.29) is 22.9 Å². The van der Waals surface area contributed by atoms with Crippen molar-refractivity contribution in [1.82, 2.24) is 10.3 Å². The van der Waals surface area contributed by atoms with Gasteiger partial charge in [0.1, 0.15) is 0 Å². The largest absolute Gasteiger partial charge is 0.360 e. The molecule has 0 spiro atoms. The summed E-state index contributed by atoms with van der Waals surface area (Å²) in [4.78, 5) is 15.0. The number of aromatic amines is 1. The van der Waals surface area contributed by atoms with Crippen molar-refractivity contribution in [2.45, 2.75) is 38.1 Å². The molecule has 1 amide bonds. The van der Waals surface area contributed by atoms with Gasteiger partial charge in [-0.05, 0) is 25.0 Å². The Labute approximate surface area is 115 Å². The Hall–Kier alpha value is -1.91. The van der Waals surface area contributed by atoms with E-state index >= 15 is 0 Å². The van der Waals surface area contributed by atoms with Crippen LogP contribution in [0.4, 0.5) is 8.78 Å². The highest BCUT2D eigenvalue weighted by Gasteiger charge is 2.21. The zero-order chi connectivity index (χ0) is 14.1. The Morgan fingerprint density at radius 1 is 1.20 bits per heavy atom. The molecular formula is C15H16F2N2O. The van der Waals surface area contributed by atoms with Gasteiger partial charge in [-0.25, -0.2) is 8.78 Å². The summed E-state index contributed by atoms with van der Waals surface area (Å²) in [6.07, 6.45) is 6.73. The minimum absolute atomic E-state index is 0.0262. The van der Waals surface area contributed by atoms with Crippen LogP contribution in [0.15, 0.2) is 18.3 Å². The van der Waals surface area contributed by atoms with E-state index in [1.807, 2.05) is 0 Å². The Morgan fingerprint density at radius 2 is 1.95 bits per heavy atom. The summed E-state index contributed by atoms with van der Waals surface area (Å²) in [6, 6.07) is 2.63. The van der Waals surface area contributed by atoms with Crippen molar-refractivity contribution in [2.75, 3.05) is 0 Å².